The Kier molecular flexibility index (Phi) is 5.60. The lowest BCUT2D eigenvalue weighted by atomic mass is 10.3. The highest BCUT2D eigenvalue weighted by Gasteiger charge is 2.07. The molecule has 0 amide bonds. The Hall–Kier alpha value is -1.33. The Balaban J connectivity index is 2.14. The molecule has 0 spiro atoms. The number of hydrogen-bond acceptors (Lipinski definition) is 4. The van der Waals surface area contributed by atoms with E-state index < -0.39 is 5.97 Å². The molecule has 90 valence electrons. The summed E-state index contributed by atoms with van der Waals surface area (Å²) in [5, 5.41) is 11.8. The number of carbonyl (C=O) groups is 1. The molecule has 1 aromatic heterocycles. The monoisotopic (exact) mass is 227 g/mol. The fourth-order valence-corrected chi connectivity index (χ4v) is 1.30. The standard InChI is InChI=1S/C11H17NO4/c1-15-7-3-2-6-12-8-9-4-5-10(16-9)11(13)14/h4-5,12H,2-3,6-8H2,1H3,(H,13,14). The average Bonchev–Trinajstić information content (AvgIpc) is 2.72. The molecule has 0 aliphatic rings. The number of furan rings is 1. The number of rotatable bonds is 8. The second-order valence-corrected chi connectivity index (χ2v) is 3.45. The fraction of sp³-hybridized carbons (Fsp3) is 0.545. The Morgan fingerprint density at radius 3 is 2.94 bits per heavy atom. The average molecular weight is 227 g/mol. The van der Waals surface area contributed by atoms with E-state index in [1.807, 2.05) is 0 Å². The van der Waals surface area contributed by atoms with Gasteiger partial charge in [0.25, 0.3) is 0 Å². The Morgan fingerprint density at radius 1 is 1.50 bits per heavy atom. The van der Waals surface area contributed by atoms with Crippen LogP contribution >= 0.6 is 0 Å². The van der Waals surface area contributed by atoms with Crippen LogP contribution in [0.4, 0.5) is 0 Å². The number of methoxy groups -OCH3 is 1. The molecule has 0 bridgehead atoms. The van der Waals surface area contributed by atoms with E-state index in [4.69, 9.17) is 14.3 Å². The molecule has 0 saturated carbocycles. The van der Waals surface area contributed by atoms with Gasteiger partial charge in [0, 0.05) is 13.7 Å². The van der Waals surface area contributed by atoms with Gasteiger partial charge in [-0.25, -0.2) is 4.79 Å². The van der Waals surface area contributed by atoms with Crippen molar-refractivity contribution in [1.82, 2.24) is 5.32 Å². The van der Waals surface area contributed by atoms with Gasteiger partial charge in [-0.1, -0.05) is 0 Å². The lowest BCUT2D eigenvalue weighted by Crippen LogP contribution is -2.14. The van der Waals surface area contributed by atoms with Gasteiger partial charge in [0.05, 0.1) is 6.54 Å². The van der Waals surface area contributed by atoms with Crippen LogP contribution in [0.1, 0.15) is 29.2 Å². The van der Waals surface area contributed by atoms with Crippen LogP contribution < -0.4 is 5.32 Å². The number of carboxylic acids is 1. The molecule has 16 heavy (non-hydrogen) atoms. The third-order valence-corrected chi connectivity index (χ3v) is 2.12. The summed E-state index contributed by atoms with van der Waals surface area (Å²) in [6, 6.07) is 3.13. The van der Waals surface area contributed by atoms with Crippen LogP contribution in [0.5, 0.6) is 0 Å². The maximum atomic E-state index is 10.5. The zero-order valence-electron chi connectivity index (χ0n) is 9.36. The van der Waals surface area contributed by atoms with E-state index in [0.717, 1.165) is 26.0 Å². The SMILES string of the molecule is COCCCCNCc1ccc(C(=O)O)o1. The zero-order chi connectivity index (χ0) is 11.8. The number of unbranched alkanes of at least 4 members (excludes halogenated alkanes) is 1. The summed E-state index contributed by atoms with van der Waals surface area (Å²) in [4.78, 5) is 10.5. The van der Waals surface area contributed by atoms with E-state index in [1.165, 1.54) is 6.07 Å². The molecule has 0 atom stereocenters. The van der Waals surface area contributed by atoms with Crippen molar-refractivity contribution in [3.63, 3.8) is 0 Å². The summed E-state index contributed by atoms with van der Waals surface area (Å²) >= 11 is 0. The largest absolute Gasteiger partial charge is 0.475 e. The molecule has 0 unspecified atom stereocenters. The normalized spacial score (nSPS) is 10.6. The Morgan fingerprint density at radius 2 is 2.31 bits per heavy atom. The second-order valence-electron chi connectivity index (χ2n) is 3.45. The first kappa shape index (κ1) is 12.7. The topological polar surface area (TPSA) is 71.7 Å². The highest BCUT2D eigenvalue weighted by Crippen LogP contribution is 2.07. The molecule has 0 aromatic carbocycles. The smallest absolute Gasteiger partial charge is 0.371 e. The number of carboxylic acid groups (broad SMARTS) is 1. The highest BCUT2D eigenvalue weighted by atomic mass is 16.5. The summed E-state index contributed by atoms with van der Waals surface area (Å²) in [6.07, 6.45) is 2.04. The van der Waals surface area contributed by atoms with Gasteiger partial charge in [0.1, 0.15) is 5.76 Å². The van der Waals surface area contributed by atoms with E-state index in [9.17, 15) is 4.79 Å². The van der Waals surface area contributed by atoms with Gasteiger partial charge in [0.2, 0.25) is 5.76 Å². The van der Waals surface area contributed by atoms with Crippen molar-refractivity contribution in [1.29, 1.82) is 0 Å². The molecule has 0 aliphatic heterocycles. The molecule has 0 radical (unpaired) electrons. The van der Waals surface area contributed by atoms with Crippen LogP contribution in [0.25, 0.3) is 0 Å². The minimum atomic E-state index is -1.04. The first-order valence-corrected chi connectivity index (χ1v) is 5.25. The molecule has 0 fully saturated rings. The van der Waals surface area contributed by atoms with Crippen LogP contribution in [-0.2, 0) is 11.3 Å². The van der Waals surface area contributed by atoms with E-state index in [1.54, 1.807) is 13.2 Å². The zero-order valence-corrected chi connectivity index (χ0v) is 9.36. The van der Waals surface area contributed by atoms with E-state index in [2.05, 4.69) is 5.32 Å². The highest BCUT2D eigenvalue weighted by molar-refractivity contribution is 5.84. The van der Waals surface area contributed by atoms with Crippen molar-refractivity contribution in [3.05, 3.63) is 23.7 Å². The minimum Gasteiger partial charge on any atom is -0.475 e. The third-order valence-electron chi connectivity index (χ3n) is 2.12. The Labute approximate surface area is 94.4 Å². The van der Waals surface area contributed by atoms with Gasteiger partial charge in [-0.2, -0.15) is 0 Å². The lowest BCUT2D eigenvalue weighted by molar-refractivity contribution is 0.0660. The molecule has 0 aliphatic carbocycles. The van der Waals surface area contributed by atoms with Crippen LogP contribution in [0.15, 0.2) is 16.5 Å². The molecule has 1 heterocycles. The molecule has 1 aromatic rings. The van der Waals surface area contributed by atoms with Gasteiger partial charge >= 0.3 is 5.97 Å². The van der Waals surface area contributed by atoms with Crippen molar-refractivity contribution >= 4 is 5.97 Å². The molecule has 5 heteroatoms. The quantitative estimate of drug-likeness (QED) is 0.658. The van der Waals surface area contributed by atoms with Gasteiger partial charge in [-0.3, -0.25) is 0 Å². The van der Waals surface area contributed by atoms with Gasteiger partial charge in [-0.15, -0.1) is 0 Å². The van der Waals surface area contributed by atoms with Crippen molar-refractivity contribution in [2.75, 3.05) is 20.3 Å². The maximum absolute atomic E-state index is 10.5. The maximum Gasteiger partial charge on any atom is 0.371 e. The van der Waals surface area contributed by atoms with Gasteiger partial charge in [-0.05, 0) is 31.5 Å². The summed E-state index contributed by atoms with van der Waals surface area (Å²) in [7, 11) is 1.68. The summed E-state index contributed by atoms with van der Waals surface area (Å²) in [5.41, 5.74) is 0. The predicted molar refractivity (Wildman–Crippen MR) is 58.5 cm³/mol. The van der Waals surface area contributed by atoms with Gasteiger partial charge < -0.3 is 19.6 Å². The molecule has 2 N–H and O–H groups in total. The van der Waals surface area contributed by atoms with E-state index in [-0.39, 0.29) is 5.76 Å². The summed E-state index contributed by atoms with van der Waals surface area (Å²) in [6.45, 7) is 2.19. The van der Waals surface area contributed by atoms with Crippen LogP contribution in [-0.4, -0.2) is 31.3 Å². The van der Waals surface area contributed by atoms with E-state index in [0.29, 0.717) is 12.3 Å². The van der Waals surface area contributed by atoms with Gasteiger partial charge in [0.15, 0.2) is 0 Å². The van der Waals surface area contributed by atoms with Crippen LogP contribution in [0.2, 0.25) is 0 Å². The fourth-order valence-electron chi connectivity index (χ4n) is 1.30. The number of ether oxygens (including phenoxy) is 1. The van der Waals surface area contributed by atoms with Crippen molar-refractivity contribution in [2.45, 2.75) is 19.4 Å². The molecule has 5 nitrogen and oxygen atoms in total. The summed E-state index contributed by atoms with van der Waals surface area (Å²) in [5.74, 6) is -0.410. The third kappa shape index (κ3) is 4.46. The molecular weight excluding hydrogens is 210 g/mol. The minimum absolute atomic E-state index is 0.0174. The van der Waals surface area contributed by atoms with Crippen molar-refractivity contribution < 1.29 is 19.1 Å². The number of aromatic carboxylic acids is 1. The lowest BCUT2D eigenvalue weighted by Gasteiger charge is -2.02. The first-order chi connectivity index (χ1) is 7.74. The number of hydrogen-bond donors (Lipinski definition) is 2. The number of nitrogens with one attached hydrogen (secondary N) is 1. The van der Waals surface area contributed by atoms with E-state index >= 15 is 0 Å². The van der Waals surface area contributed by atoms with Crippen LogP contribution in [0.3, 0.4) is 0 Å². The molecule has 1 rings (SSSR count). The Bertz CT molecular complexity index is 322. The molecular formula is C11H17NO4. The predicted octanol–water partition coefficient (Wildman–Crippen LogP) is 1.49. The van der Waals surface area contributed by atoms with Crippen molar-refractivity contribution in [3.8, 4) is 0 Å². The first-order valence-electron chi connectivity index (χ1n) is 5.25. The summed E-state index contributed by atoms with van der Waals surface area (Å²) < 4.78 is 10.0. The molecule has 0 saturated heterocycles. The van der Waals surface area contributed by atoms with Crippen molar-refractivity contribution in [2.24, 2.45) is 0 Å². The second kappa shape index (κ2) is 7.03. The van der Waals surface area contributed by atoms with Crippen LogP contribution in [0, 0.1) is 0 Å².